The van der Waals surface area contributed by atoms with E-state index in [1.807, 2.05) is 6.92 Å². The van der Waals surface area contributed by atoms with Gasteiger partial charge in [0.2, 0.25) is 5.52 Å². The predicted molar refractivity (Wildman–Crippen MR) is 172 cm³/mol. The molecule has 5 nitrogen and oxygen atoms in total. The molecule has 5 heteroatoms. The van der Waals surface area contributed by atoms with E-state index in [2.05, 4.69) is 54.1 Å². The summed E-state index contributed by atoms with van der Waals surface area (Å²) in [6.07, 6.45) is 26.8. The summed E-state index contributed by atoms with van der Waals surface area (Å²) in [6, 6.07) is 12.7. The van der Waals surface area contributed by atoms with Crippen LogP contribution in [0.1, 0.15) is 142 Å². The minimum absolute atomic E-state index is 0.132. The maximum Gasteiger partial charge on any atom is 0.305 e. The van der Waals surface area contributed by atoms with Gasteiger partial charge < -0.3 is 14.2 Å². The maximum atomic E-state index is 12.3. The van der Waals surface area contributed by atoms with Crippen LogP contribution in [0, 0.1) is 0 Å². The Hall–Kier alpha value is -1.98. The third kappa shape index (κ3) is 14.0. The van der Waals surface area contributed by atoms with Crippen molar-refractivity contribution in [2.75, 3.05) is 13.2 Å². The number of para-hydroxylation sites is 1. The van der Waals surface area contributed by atoms with Crippen molar-refractivity contribution in [3.8, 4) is 0 Å². The SMILES string of the molecule is CCCCCCCCCCCCCCCCCC1(C)OCC(COC(=O)CCCCC[n+]2cccc3ccccc32)O1. The van der Waals surface area contributed by atoms with E-state index in [4.69, 9.17) is 14.2 Å². The van der Waals surface area contributed by atoms with Gasteiger partial charge in [0.1, 0.15) is 19.3 Å². The van der Waals surface area contributed by atoms with Crippen LogP contribution in [-0.4, -0.2) is 31.1 Å². The first kappa shape index (κ1) is 34.5. The lowest BCUT2D eigenvalue weighted by atomic mass is 10.0. The number of pyridine rings is 1. The van der Waals surface area contributed by atoms with Crippen molar-refractivity contribution in [3.05, 3.63) is 42.6 Å². The lowest BCUT2D eigenvalue weighted by Gasteiger charge is -2.23. The van der Waals surface area contributed by atoms with Crippen molar-refractivity contribution in [2.24, 2.45) is 0 Å². The zero-order chi connectivity index (χ0) is 29.7. The van der Waals surface area contributed by atoms with Crippen LogP contribution in [0.2, 0.25) is 0 Å². The van der Waals surface area contributed by atoms with Crippen molar-refractivity contribution < 1.29 is 23.6 Å². The number of unbranched alkanes of at least 4 members (excludes halogenated alkanes) is 16. The second-order valence-corrected chi connectivity index (χ2v) is 12.6. The number of carbonyl (C=O) groups excluding carboxylic acids is 1. The molecule has 3 rings (SSSR count). The first-order valence-corrected chi connectivity index (χ1v) is 17.4. The Labute approximate surface area is 256 Å². The molecule has 1 fully saturated rings. The molecule has 1 aliphatic rings. The molecule has 1 saturated heterocycles. The van der Waals surface area contributed by atoms with E-state index >= 15 is 0 Å². The number of hydrogen-bond donors (Lipinski definition) is 0. The Morgan fingerprint density at radius 3 is 2.10 bits per heavy atom. The van der Waals surface area contributed by atoms with Crippen LogP contribution in [0.4, 0.5) is 0 Å². The summed E-state index contributed by atoms with van der Waals surface area (Å²) in [4.78, 5) is 12.3. The van der Waals surface area contributed by atoms with E-state index in [0.717, 1.165) is 38.6 Å². The molecule has 0 radical (unpaired) electrons. The van der Waals surface area contributed by atoms with Crippen LogP contribution in [0.25, 0.3) is 10.9 Å². The quantitative estimate of drug-likeness (QED) is 0.0702. The molecule has 0 spiro atoms. The second-order valence-electron chi connectivity index (χ2n) is 12.6. The van der Waals surface area contributed by atoms with Gasteiger partial charge in [-0.3, -0.25) is 4.79 Å². The van der Waals surface area contributed by atoms with Crippen LogP contribution < -0.4 is 4.57 Å². The third-order valence-corrected chi connectivity index (χ3v) is 8.72. The van der Waals surface area contributed by atoms with Crippen LogP contribution >= 0.6 is 0 Å². The first-order chi connectivity index (χ1) is 20.6. The van der Waals surface area contributed by atoms with Gasteiger partial charge in [0, 0.05) is 36.8 Å². The Kier molecular flexibility index (Phi) is 17.1. The van der Waals surface area contributed by atoms with E-state index in [1.54, 1.807) is 0 Å². The summed E-state index contributed by atoms with van der Waals surface area (Å²) in [5.41, 5.74) is 1.25. The van der Waals surface area contributed by atoms with Crippen molar-refractivity contribution >= 4 is 16.9 Å². The van der Waals surface area contributed by atoms with Crippen LogP contribution in [0.3, 0.4) is 0 Å². The minimum atomic E-state index is -0.535. The average Bonchev–Trinajstić information content (AvgIpc) is 3.38. The van der Waals surface area contributed by atoms with E-state index in [-0.39, 0.29) is 12.1 Å². The Bertz CT molecular complexity index is 989. The monoisotopic (exact) mass is 582 g/mol. The maximum absolute atomic E-state index is 12.3. The summed E-state index contributed by atoms with van der Waals surface area (Å²) in [6.45, 7) is 6.08. The Balaban J connectivity index is 1.12. The summed E-state index contributed by atoms with van der Waals surface area (Å²) in [5.74, 6) is -0.667. The summed E-state index contributed by atoms with van der Waals surface area (Å²) >= 11 is 0. The largest absolute Gasteiger partial charge is 0.463 e. The van der Waals surface area contributed by atoms with Crippen molar-refractivity contribution in [3.63, 3.8) is 0 Å². The number of benzene rings is 1. The lowest BCUT2D eigenvalue weighted by Crippen LogP contribution is -2.33. The average molecular weight is 583 g/mol. The topological polar surface area (TPSA) is 48.6 Å². The number of ether oxygens (including phenoxy) is 3. The first-order valence-electron chi connectivity index (χ1n) is 17.4. The molecule has 0 amide bonds. The van der Waals surface area contributed by atoms with Gasteiger partial charge in [0.15, 0.2) is 12.0 Å². The highest BCUT2D eigenvalue weighted by molar-refractivity contribution is 5.74. The van der Waals surface area contributed by atoms with E-state index in [0.29, 0.717) is 19.6 Å². The predicted octanol–water partition coefficient (Wildman–Crippen LogP) is 9.62. The zero-order valence-electron chi connectivity index (χ0n) is 27.0. The van der Waals surface area contributed by atoms with E-state index < -0.39 is 5.79 Å². The number of aromatic nitrogens is 1. The van der Waals surface area contributed by atoms with E-state index in [1.165, 1.54) is 101 Å². The van der Waals surface area contributed by atoms with E-state index in [9.17, 15) is 4.79 Å². The van der Waals surface area contributed by atoms with Gasteiger partial charge in [0.05, 0.1) is 6.61 Å². The molecule has 1 aliphatic heterocycles. The number of rotatable bonds is 24. The molecule has 0 aliphatic carbocycles. The molecule has 236 valence electrons. The fourth-order valence-electron chi connectivity index (χ4n) is 6.12. The molecule has 0 bridgehead atoms. The van der Waals surface area contributed by atoms with Gasteiger partial charge in [-0.25, -0.2) is 0 Å². The molecule has 0 saturated carbocycles. The smallest absolute Gasteiger partial charge is 0.305 e. The number of aryl methyl sites for hydroxylation is 1. The molecule has 2 heterocycles. The molecule has 2 unspecified atom stereocenters. The third-order valence-electron chi connectivity index (χ3n) is 8.72. The number of hydrogen-bond acceptors (Lipinski definition) is 4. The molecule has 0 N–H and O–H groups in total. The molecular formula is C37H60NO4+. The highest BCUT2D eigenvalue weighted by Crippen LogP contribution is 2.29. The fraction of sp³-hybridized carbons (Fsp3) is 0.730. The molecule has 1 aromatic carbocycles. The van der Waals surface area contributed by atoms with Crippen molar-refractivity contribution in [2.45, 2.75) is 161 Å². The number of fused-ring (bicyclic) bond motifs is 1. The summed E-state index contributed by atoms with van der Waals surface area (Å²) in [7, 11) is 0. The van der Waals surface area contributed by atoms with Crippen LogP contribution in [0.5, 0.6) is 0 Å². The summed E-state index contributed by atoms with van der Waals surface area (Å²) in [5, 5.41) is 1.26. The van der Waals surface area contributed by atoms with Gasteiger partial charge in [-0.15, -0.1) is 0 Å². The van der Waals surface area contributed by atoms with Crippen molar-refractivity contribution in [1.82, 2.24) is 0 Å². The normalized spacial score (nSPS) is 18.6. The molecule has 42 heavy (non-hydrogen) atoms. The zero-order valence-corrected chi connectivity index (χ0v) is 27.0. The fourth-order valence-corrected chi connectivity index (χ4v) is 6.12. The molecule has 2 aromatic rings. The van der Waals surface area contributed by atoms with Gasteiger partial charge >= 0.3 is 5.97 Å². The van der Waals surface area contributed by atoms with Gasteiger partial charge in [-0.05, 0) is 38.3 Å². The standard InChI is InChI=1S/C37H60NO4/c1-3-4-5-6-7-8-9-10-11-12-13-14-15-16-21-28-37(2)41-32-34(42-37)31-40-36(39)27-18-17-22-29-38-30-23-25-33-24-19-20-26-35(33)38/h19-20,23-26,30,34H,3-18,21-22,27-29,31-32H2,1-2H3/q+1. The molecular weight excluding hydrogens is 522 g/mol. The van der Waals surface area contributed by atoms with Gasteiger partial charge in [-0.2, -0.15) is 4.57 Å². The second kappa shape index (κ2) is 20.8. The van der Waals surface area contributed by atoms with Gasteiger partial charge in [-0.1, -0.05) is 109 Å². The number of esters is 1. The molecule has 2 atom stereocenters. The highest BCUT2D eigenvalue weighted by atomic mass is 16.7. The highest BCUT2D eigenvalue weighted by Gasteiger charge is 2.37. The Morgan fingerprint density at radius 1 is 0.810 bits per heavy atom. The number of nitrogens with zero attached hydrogens (tertiary/aromatic N) is 1. The van der Waals surface area contributed by atoms with Crippen molar-refractivity contribution in [1.29, 1.82) is 0 Å². The minimum Gasteiger partial charge on any atom is -0.463 e. The van der Waals surface area contributed by atoms with Gasteiger partial charge in [0.25, 0.3) is 0 Å². The molecule has 1 aromatic heterocycles. The summed E-state index contributed by atoms with van der Waals surface area (Å²) < 4.78 is 19.9. The number of carbonyl (C=O) groups is 1. The van der Waals surface area contributed by atoms with Crippen LogP contribution in [-0.2, 0) is 25.5 Å². The lowest BCUT2D eigenvalue weighted by molar-refractivity contribution is -0.671. The Morgan fingerprint density at radius 2 is 1.40 bits per heavy atom. The van der Waals surface area contributed by atoms with Crippen LogP contribution in [0.15, 0.2) is 42.6 Å².